The Balaban J connectivity index is 2.55. The molecule has 0 spiro atoms. The zero-order valence-corrected chi connectivity index (χ0v) is 8.19. The molecular weight excluding hydrogens is 180 g/mol. The van der Waals surface area contributed by atoms with Crippen LogP contribution in [-0.2, 0) is 6.54 Å². The van der Waals surface area contributed by atoms with Crippen molar-refractivity contribution in [2.24, 2.45) is 0 Å². The molecule has 1 rings (SSSR count). The van der Waals surface area contributed by atoms with Gasteiger partial charge in [0, 0.05) is 24.6 Å². The van der Waals surface area contributed by atoms with Gasteiger partial charge in [0.2, 0.25) is 0 Å². The summed E-state index contributed by atoms with van der Waals surface area (Å²) in [6.07, 6.45) is 2.08. The molecule has 0 aromatic carbocycles. The third-order valence-electron chi connectivity index (χ3n) is 2.15. The van der Waals surface area contributed by atoms with Crippen molar-refractivity contribution in [1.82, 2.24) is 4.57 Å². The maximum atomic E-state index is 9.51. The van der Waals surface area contributed by atoms with E-state index >= 15 is 0 Å². The van der Waals surface area contributed by atoms with Gasteiger partial charge in [-0.25, -0.2) is 0 Å². The van der Waals surface area contributed by atoms with E-state index in [2.05, 4.69) is 6.07 Å². The molecule has 14 heavy (non-hydrogen) atoms. The summed E-state index contributed by atoms with van der Waals surface area (Å²) in [6, 6.07) is 3.58. The van der Waals surface area contributed by atoms with Crippen molar-refractivity contribution in [2.45, 2.75) is 32.7 Å². The summed E-state index contributed by atoms with van der Waals surface area (Å²) in [7, 11) is 0. The Morgan fingerprint density at radius 1 is 1.43 bits per heavy atom. The molecule has 1 aromatic rings. The zero-order valence-electron chi connectivity index (χ0n) is 8.19. The number of hydrogen-bond acceptors (Lipinski definition) is 3. The summed E-state index contributed by atoms with van der Waals surface area (Å²) in [5.74, 6) is 0.191. The van der Waals surface area contributed by atoms with Crippen LogP contribution in [-0.4, -0.2) is 14.8 Å². The Labute approximate surface area is 83.0 Å². The molecule has 0 aliphatic rings. The molecule has 76 valence electrons. The van der Waals surface area contributed by atoms with E-state index in [0.717, 1.165) is 12.8 Å². The zero-order chi connectivity index (χ0) is 10.6. The minimum atomic E-state index is 0.0805. The Hall–Kier alpha value is -1.63. The van der Waals surface area contributed by atoms with Gasteiger partial charge in [0.1, 0.15) is 0 Å². The SMILES string of the molecule is Cc1cc(O)n(CCCCC#N)c1O. The third-order valence-corrected chi connectivity index (χ3v) is 2.15. The van der Waals surface area contributed by atoms with Crippen molar-refractivity contribution < 1.29 is 10.2 Å². The van der Waals surface area contributed by atoms with Gasteiger partial charge in [-0.2, -0.15) is 5.26 Å². The van der Waals surface area contributed by atoms with Crippen molar-refractivity contribution in [3.8, 4) is 17.8 Å². The molecule has 0 saturated carbocycles. The highest BCUT2D eigenvalue weighted by molar-refractivity contribution is 5.33. The van der Waals surface area contributed by atoms with Crippen molar-refractivity contribution in [3.05, 3.63) is 11.6 Å². The van der Waals surface area contributed by atoms with E-state index < -0.39 is 0 Å². The average molecular weight is 194 g/mol. The molecule has 1 heterocycles. The van der Waals surface area contributed by atoms with Gasteiger partial charge < -0.3 is 10.2 Å². The lowest BCUT2D eigenvalue weighted by Crippen LogP contribution is -1.96. The minimum absolute atomic E-state index is 0.0805. The molecule has 0 bridgehead atoms. The Kier molecular flexibility index (Phi) is 3.41. The normalized spacial score (nSPS) is 10.0. The van der Waals surface area contributed by atoms with E-state index in [4.69, 9.17) is 5.26 Å². The highest BCUT2D eigenvalue weighted by Gasteiger charge is 2.09. The van der Waals surface area contributed by atoms with E-state index in [0.29, 0.717) is 18.5 Å². The fraction of sp³-hybridized carbons (Fsp3) is 0.500. The molecule has 4 heteroatoms. The van der Waals surface area contributed by atoms with Crippen LogP contribution in [0.1, 0.15) is 24.8 Å². The maximum absolute atomic E-state index is 9.51. The molecule has 0 aliphatic carbocycles. The monoisotopic (exact) mass is 194 g/mol. The fourth-order valence-electron chi connectivity index (χ4n) is 1.35. The molecular formula is C10H14N2O2. The predicted molar refractivity (Wildman–Crippen MR) is 52.0 cm³/mol. The minimum Gasteiger partial charge on any atom is -0.494 e. The first-order valence-electron chi connectivity index (χ1n) is 4.62. The summed E-state index contributed by atoms with van der Waals surface area (Å²) in [5.41, 5.74) is 0.669. The average Bonchev–Trinajstić information content (AvgIpc) is 2.38. The van der Waals surface area contributed by atoms with Crippen molar-refractivity contribution in [1.29, 1.82) is 5.26 Å². The summed E-state index contributed by atoms with van der Waals surface area (Å²) in [4.78, 5) is 0. The predicted octanol–water partition coefficient (Wildman–Crippen LogP) is 1.90. The lowest BCUT2D eigenvalue weighted by Gasteiger charge is -2.05. The highest BCUT2D eigenvalue weighted by Crippen LogP contribution is 2.26. The van der Waals surface area contributed by atoms with Crippen LogP contribution in [0.15, 0.2) is 6.07 Å². The van der Waals surface area contributed by atoms with Gasteiger partial charge in [-0.05, 0) is 19.8 Å². The van der Waals surface area contributed by atoms with Gasteiger partial charge in [0.15, 0.2) is 11.8 Å². The third kappa shape index (κ3) is 2.19. The molecule has 2 N–H and O–H groups in total. The van der Waals surface area contributed by atoms with Crippen LogP contribution in [0, 0.1) is 18.3 Å². The lowest BCUT2D eigenvalue weighted by atomic mass is 10.2. The summed E-state index contributed by atoms with van der Waals surface area (Å²) >= 11 is 0. The fourth-order valence-corrected chi connectivity index (χ4v) is 1.35. The number of nitrogens with zero attached hydrogens (tertiary/aromatic N) is 2. The van der Waals surface area contributed by atoms with Gasteiger partial charge in [0.25, 0.3) is 0 Å². The topological polar surface area (TPSA) is 69.2 Å². The van der Waals surface area contributed by atoms with Crippen LogP contribution in [0.2, 0.25) is 0 Å². The first kappa shape index (κ1) is 10.5. The van der Waals surface area contributed by atoms with E-state index in [1.165, 1.54) is 10.6 Å². The van der Waals surface area contributed by atoms with Gasteiger partial charge in [-0.15, -0.1) is 0 Å². The van der Waals surface area contributed by atoms with E-state index in [1.54, 1.807) is 6.92 Å². The standard InChI is InChI=1S/C10H14N2O2/c1-8-7-9(13)12(10(8)14)6-4-2-3-5-11/h7,13-14H,2-4,6H2,1H3. The second kappa shape index (κ2) is 4.56. The van der Waals surface area contributed by atoms with E-state index in [-0.39, 0.29) is 11.8 Å². The summed E-state index contributed by atoms with van der Waals surface area (Å²) in [5, 5.41) is 27.2. The number of aromatic nitrogens is 1. The molecule has 0 saturated heterocycles. The number of nitriles is 1. The van der Waals surface area contributed by atoms with Crippen LogP contribution >= 0.6 is 0 Å². The van der Waals surface area contributed by atoms with Crippen LogP contribution in [0.5, 0.6) is 11.8 Å². The molecule has 0 radical (unpaired) electrons. The van der Waals surface area contributed by atoms with Gasteiger partial charge in [-0.3, -0.25) is 4.57 Å². The lowest BCUT2D eigenvalue weighted by molar-refractivity contribution is 0.362. The molecule has 0 atom stereocenters. The van der Waals surface area contributed by atoms with Gasteiger partial charge in [0.05, 0.1) is 6.07 Å². The second-order valence-corrected chi connectivity index (χ2v) is 3.28. The largest absolute Gasteiger partial charge is 0.494 e. The van der Waals surface area contributed by atoms with Crippen LogP contribution < -0.4 is 0 Å². The Bertz CT molecular complexity index is 350. The quantitative estimate of drug-likeness (QED) is 0.719. The summed E-state index contributed by atoms with van der Waals surface area (Å²) in [6.45, 7) is 2.29. The van der Waals surface area contributed by atoms with Crippen molar-refractivity contribution in [3.63, 3.8) is 0 Å². The number of unbranched alkanes of at least 4 members (excludes halogenated alkanes) is 2. The molecule has 4 nitrogen and oxygen atoms in total. The number of aromatic hydroxyl groups is 2. The molecule has 0 unspecified atom stereocenters. The van der Waals surface area contributed by atoms with Crippen molar-refractivity contribution in [2.75, 3.05) is 0 Å². The van der Waals surface area contributed by atoms with E-state index in [9.17, 15) is 10.2 Å². The van der Waals surface area contributed by atoms with Crippen LogP contribution in [0.3, 0.4) is 0 Å². The van der Waals surface area contributed by atoms with E-state index in [1.807, 2.05) is 0 Å². The maximum Gasteiger partial charge on any atom is 0.196 e. The van der Waals surface area contributed by atoms with Crippen molar-refractivity contribution >= 4 is 0 Å². The van der Waals surface area contributed by atoms with Crippen LogP contribution in [0.25, 0.3) is 0 Å². The summed E-state index contributed by atoms with van der Waals surface area (Å²) < 4.78 is 1.45. The molecule has 0 aliphatic heterocycles. The van der Waals surface area contributed by atoms with Gasteiger partial charge >= 0.3 is 0 Å². The Morgan fingerprint density at radius 3 is 2.64 bits per heavy atom. The highest BCUT2D eigenvalue weighted by atomic mass is 16.3. The number of aryl methyl sites for hydroxylation is 1. The van der Waals surface area contributed by atoms with Crippen LogP contribution in [0.4, 0.5) is 0 Å². The van der Waals surface area contributed by atoms with Gasteiger partial charge in [-0.1, -0.05) is 0 Å². The smallest absolute Gasteiger partial charge is 0.196 e. The second-order valence-electron chi connectivity index (χ2n) is 3.28. The first-order chi connectivity index (χ1) is 6.66. The molecule has 0 amide bonds. The number of rotatable bonds is 4. The first-order valence-corrected chi connectivity index (χ1v) is 4.62. The number of hydrogen-bond donors (Lipinski definition) is 2. The Morgan fingerprint density at radius 2 is 2.14 bits per heavy atom. The molecule has 1 aromatic heterocycles. The molecule has 0 fully saturated rings.